The Kier molecular flexibility index (Phi) is 4.70. The van der Waals surface area contributed by atoms with Gasteiger partial charge in [0, 0.05) is 19.4 Å². The van der Waals surface area contributed by atoms with E-state index in [0.717, 1.165) is 0 Å². The fourth-order valence-corrected chi connectivity index (χ4v) is 1.78. The van der Waals surface area contributed by atoms with Gasteiger partial charge in [-0.2, -0.15) is 4.98 Å². The molecule has 8 heteroatoms. The fraction of sp³-hybridized carbons (Fsp3) is 0.385. The minimum absolute atomic E-state index is 0.119. The predicted molar refractivity (Wildman–Crippen MR) is 70.2 cm³/mol. The van der Waals surface area contributed by atoms with Crippen LogP contribution in [0.5, 0.6) is 0 Å². The quantitative estimate of drug-likeness (QED) is 0.816. The highest BCUT2D eigenvalue weighted by atomic mass is 16.5. The number of aromatic nitrogens is 2. The number of aryl methyl sites for hydroxylation is 1. The molecule has 1 amide bonds. The van der Waals surface area contributed by atoms with Crippen molar-refractivity contribution in [2.45, 2.75) is 19.8 Å². The van der Waals surface area contributed by atoms with Crippen LogP contribution in [0.3, 0.4) is 0 Å². The molecule has 0 saturated carbocycles. The topological polar surface area (TPSA) is 110 Å². The number of hydrogen-bond donors (Lipinski definition) is 1. The van der Waals surface area contributed by atoms with Crippen LogP contribution in [0.25, 0.3) is 11.4 Å². The molecule has 0 radical (unpaired) electrons. The second kappa shape index (κ2) is 6.69. The Morgan fingerprint density at radius 3 is 2.86 bits per heavy atom. The predicted octanol–water partition coefficient (Wildman–Crippen LogP) is 1.20. The molecule has 0 spiro atoms. The van der Waals surface area contributed by atoms with Gasteiger partial charge in [-0.25, -0.2) is 0 Å². The zero-order chi connectivity index (χ0) is 15.2. The molecule has 21 heavy (non-hydrogen) atoms. The van der Waals surface area contributed by atoms with Gasteiger partial charge < -0.3 is 18.9 Å². The Balaban J connectivity index is 1.91. The summed E-state index contributed by atoms with van der Waals surface area (Å²) in [6.07, 6.45) is 3.37. The standard InChI is InChI=1S/C13H15N3O5/c1-2-16(7-12(18)19)11(17)4-3-10-14-13(15-21-10)9-5-6-20-8-9/h5-6,8H,2-4,7H2,1H3,(H,18,19). The van der Waals surface area contributed by atoms with E-state index < -0.39 is 5.97 Å². The number of rotatable bonds is 7. The van der Waals surface area contributed by atoms with Crippen molar-refractivity contribution in [3.05, 3.63) is 24.5 Å². The number of nitrogens with zero attached hydrogens (tertiary/aromatic N) is 3. The number of aliphatic carboxylic acids is 1. The van der Waals surface area contributed by atoms with E-state index in [-0.39, 0.29) is 25.3 Å². The van der Waals surface area contributed by atoms with Crippen molar-refractivity contribution < 1.29 is 23.6 Å². The third kappa shape index (κ3) is 3.91. The van der Waals surface area contributed by atoms with Gasteiger partial charge in [0.2, 0.25) is 17.6 Å². The maximum absolute atomic E-state index is 11.9. The van der Waals surface area contributed by atoms with Crippen LogP contribution in [0.4, 0.5) is 0 Å². The zero-order valence-corrected chi connectivity index (χ0v) is 11.5. The van der Waals surface area contributed by atoms with Gasteiger partial charge >= 0.3 is 5.97 Å². The van der Waals surface area contributed by atoms with E-state index in [1.54, 1.807) is 13.0 Å². The summed E-state index contributed by atoms with van der Waals surface area (Å²) >= 11 is 0. The number of amides is 1. The van der Waals surface area contributed by atoms with Gasteiger partial charge in [0.15, 0.2) is 0 Å². The van der Waals surface area contributed by atoms with Crippen LogP contribution in [0.1, 0.15) is 19.2 Å². The molecule has 0 unspecified atom stereocenters. The minimum Gasteiger partial charge on any atom is -0.480 e. The highest BCUT2D eigenvalue weighted by Crippen LogP contribution is 2.16. The van der Waals surface area contributed by atoms with Gasteiger partial charge in [0.1, 0.15) is 12.8 Å². The van der Waals surface area contributed by atoms with Crippen LogP contribution in [0.2, 0.25) is 0 Å². The Bertz CT molecular complexity index is 605. The summed E-state index contributed by atoms with van der Waals surface area (Å²) in [4.78, 5) is 27.9. The summed E-state index contributed by atoms with van der Waals surface area (Å²) in [5.41, 5.74) is 0.692. The van der Waals surface area contributed by atoms with E-state index in [1.165, 1.54) is 17.4 Å². The lowest BCUT2D eigenvalue weighted by Crippen LogP contribution is -2.35. The summed E-state index contributed by atoms with van der Waals surface area (Å²) in [5.74, 6) is -0.580. The van der Waals surface area contributed by atoms with Gasteiger partial charge in [-0.3, -0.25) is 9.59 Å². The normalized spacial score (nSPS) is 10.5. The Morgan fingerprint density at radius 1 is 1.43 bits per heavy atom. The van der Waals surface area contributed by atoms with E-state index in [2.05, 4.69) is 10.1 Å². The third-order valence-corrected chi connectivity index (χ3v) is 2.86. The second-order valence-corrected chi connectivity index (χ2v) is 4.33. The molecule has 2 aromatic rings. The molecule has 8 nitrogen and oxygen atoms in total. The first-order valence-electron chi connectivity index (χ1n) is 6.45. The van der Waals surface area contributed by atoms with Crippen molar-refractivity contribution in [1.29, 1.82) is 0 Å². The Hall–Kier alpha value is -2.64. The maximum atomic E-state index is 11.9. The average Bonchev–Trinajstić information content (AvgIpc) is 3.12. The molecule has 2 aromatic heterocycles. The van der Waals surface area contributed by atoms with E-state index in [0.29, 0.717) is 23.8 Å². The smallest absolute Gasteiger partial charge is 0.323 e. The van der Waals surface area contributed by atoms with Crippen LogP contribution >= 0.6 is 0 Å². The largest absolute Gasteiger partial charge is 0.480 e. The fourth-order valence-electron chi connectivity index (χ4n) is 1.78. The minimum atomic E-state index is -1.04. The molecule has 0 aliphatic carbocycles. The highest BCUT2D eigenvalue weighted by molar-refractivity contribution is 5.81. The van der Waals surface area contributed by atoms with E-state index in [4.69, 9.17) is 14.0 Å². The molecule has 0 aromatic carbocycles. The van der Waals surface area contributed by atoms with Crippen LogP contribution in [0.15, 0.2) is 27.5 Å². The van der Waals surface area contributed by atoms with Crippen molar-refractivity contribution >= 4 is 11.9 Å². The molecular weight excluding hydrogens is 278 g/mol. The summed E-state index contributed by atoms with van der Waals surface area (Å²) in [6.45, 7) is 1.76. The first kappa shape index (κ1) is 14.8. The van der Waals surface area contributed by atoms with Crippen LogP contribution in [0, 0.1) is 0 Å². The average molecular weight is 293 g/mol. The van der Waals surface area contributed by atoms with Crippen molar-refractivity contribution in [3.63, 3.8) is 0 Å². The zero-order valence-electron chi connectivity index (χ0n) is 11.5. The molecule has 0 saturated heterocycles. The number of carboxylic acid groups (broad SMARTS) is 1. The first-order chi connectivity index (χ1) is 10.1. The number of carboxylic acids is 1. The lowest BCUT2D eigenvalue weighted by atomic mass is 10.2. The van der Waals surface area contributed by atoms with Crippen molar-refractivity contribution in [2.24, 2.45) is 0 Å². The van der Waals surface area contributed by atoms with Crippen LogP contribution in [-0.2, 0) is 16.0 Å². The molecule has 0 atom stereocenters. The summed E-state index contributed by atoms with van der Waals surface area (Å²) < 4.78 is 9.96. The van der Waals surface area contributed by atoms with Crippen molar-refractivity contribution in [1.82, 2.24) is 15.0 Å². The second-order valence-electron chi connectivity index (χ2n) is 4.33. The molecule has 112 valence electrons. The number of carbonyl (C=O) groups excluding carboxylic acids is 1. The highest BCUT2D eigenvalue weighted by Gasteiger charge is 2.17. The van der Waals surface area contributed by atoms with E-state index in [9.17, 15) is 9.59 Å². The molecule has 0 fully saturated rings. The summed E-state index contributed by atoms with van der Waals surface area (Å²) in [5, 5.41) is 12.5. The molecular formula is C13H15N3O5. The van der Waals surface area contributed by atoms with Gasteiger partial charge in [0.25, 0.3) is 0 Å². The monoisotopic (exact) mass is 293 g/mol. The summed E-state index contributed by atoms with van der Waals surface area (Å²) in [7, 11) is 0. The van der Waals surface area contributed by atoms with Crippen LogP contribution in [-0.4, -0.2) is 45.1 Å². The molecule has 2 heterocycles. The lowest BCUT2D eigenvalue weighted by Gasteiger charge is -2.17. The van der Waals surface area contributed by atoms with Gasteiger partial charge in [-0.15, -0.1) is 0 Å². The number of furan rings is 1. The number of hydrogen-bond acceptors (Lipinski definition) is 6. The first-order valence-corrected chi connectivity index (χ1v) is 6.45. The van der Waals surface area contributed by atoms with E-state index >= 15 is 0 Å². The third-order valence-electron chi connectivity index (χ3n) is 2.86. The summed E-state index contributed by atoms with van der Waals surface area (Å²) in [6, 6.07) is 1.70. The molecule has 1 N–H and O–H groups in total. The molecule has 2 rings (SSSR count). The van der Waals surface area contributed by atoms with E-state index in [1.807, 2.05) is 0 Å². The molecule has 0 aliphatic heterocycles. The number of carbonyl (C=O) groups is 2. The van der Waals surface area contributed by atoms with Crippen LogP contribution < -0.4 is 0 Å². The lowest BCUT2D eigenvalue weighted by molar-refractivity contribution is -0.144. The van der Waals surface area contributed by atoms with Gasteiger partial charge in [-0.05, 0) is 13.0 Å². The number of likely N-dealkylation sites (N-methyl/N-ethyl adjacent to an activating group) is 1. The SMILES string of the molecule is CCN(CC(=O)O)C(=O)CCc1nc(-c2ccoc2)no1. The van der Waals surface area contributed by atoms with Gasteiger partial charge in [-0.1, -0.05) is 5.16 Å². The van der Waals surface area contributed by atoms with Crippen molar-refractivity contribution in [2.75, 3.05) is 13.1 Å². The Labute approximate surface area is 120 Å². The Morgan fingerprint density at radius 2 is 2.24 bits per heavy atom. The molecule has 0 bridgehead atoms. The van der Waals surface area contributed by atoms with Crippen molar-refractivity contribution in [3.8, 4) is 11.4 Å². The molecule has 0 aliphatic rings. The maximum Gasteiger partial charge on any atom is 0.323 e. The van der Waals surface area contributed by atoms with Gasteiger partial charge in [0.05, 0.1) is 11.8 Å².